The second-order valence-electron chi connectivity index (χ2n) is 4.48. The van der Waals surface area contributed by atoms with Crippen LogP contribution in [0.25, 0.3) is 0 Å². The molecule has 0 bridgehead atoms. The lowest BCUT2D eigenvalue weighted by Gasteiger charge is -2.21. The van der Waals surface area contributed by atoms with Gasteiger partial charge in [-0.25, -0.2) is 4.98 Å². The van der Waals surface area contributed by atoms with Crippen molar-refractivity contribution in [2.24, 2.45) is 0 Å². The first-order valence-electron chi connectivity index (χ1n) is 6.49. The van der Waals surface area contributed by atoms with Crippen LogP contribution in [-0.4, -0.2) is 28.5 Å². The van der Waals surface area contributed by atoms with E-state index in [-0.39, 0.29) is 18.9 Å². The monoisotopic (exact) mass is 264 g/mol. The third-order valence-corrected chi connectivity index (χ3v) is 2.77. The molecule has 1 aromatic heterocycles. The maximum Gasteiger partial charge on any atom is 0.305 e. The number of carboxylic acid groups (broad SMARTS) is 1. The third-order valence-electron chi connectivity index (χ3n) is 2.77. The van der Waals surface area contributed by atoms with E-state index < -0.39 is 5.97 Å². The number of nitrogens with zero attached hydrogens (tertiary/aromatic N) is 2. The van der Waals surface area contributed by atoms with Gasteiger partial charge in [0.2, 0.25) is 5.91 Å². The van der Waals surface area contributed by atoms with Crippen molar-refractivity contribution in [2.75, 3.05) is 11.4 Å². The molecule has 0 aliphatic rings. The molecule has 0 saturated carbocycles. The van der Waals surface area contributed by atoms with Gasteiger partial charge in [0.05, 0.1) is 6.42 Å². The maximum absolute atomic E-state index is 12.1. The predicted octanol–water partition coefficient (Wildman–Crippen LogP) is 2.39. The molecule has 0 unspecified atom stereocenters. The van der Waals surface area contributed by atoms with E-state index in [1.807, 2.05) is 19.9 Å². The van der Waals surface area contributed by atoms with Gasteiger partial charge in [0.25, 0.3) is 0 Å². The normalized spacial score (nSPS) is 10.2. The Kier molecular flexibility index (Phi) is 5.99. The molecular weight excluding hydrogens is 244 g/mol. The first kappa shape index (κ1) is 15.1. The lowest BCUT2D eigenvalue weighted by molar-refractivity contribution is -0.136. The first-order chi connectivity index (χ1) is 9.04. The smallest absolute Gasteiger partial charge is 0.305 e. The number of carbonyl (C=O) groups is 2. The fourth-order valence-electron chi connectivity index (χ4n) is 1.71. The van der Waals surface area contributed by atoms with E-state index in [9.17, 15) is 9.59 Å². The quantitative estimate of drug-likeness (QED) is 0.820. The number of carboxylic acids is 1. The van der Waals surface area contributed by atoms with Crippen molar-refractivity contribution in [1.29, 1.82) is 0 Å². The van der Waals surface area contributed by atoms with Crippen LogP contribution in [0.1, 0.15) is 38.2 Å². The highest BCUT2D eigenvalue weighted by Crippen LogP contribution is 2.15. The van der Waals surface area contributed by atoms with Crippen LogP contribution in [0.4, 0.5) is 5.82 Å². The highest BCUT2D eigenvalue weighted by atomic mass is 16.4. The zero-order chi connectivity index (χ0) is 14.3. The second-order valence-corrected chi connectivity index (χ2v) is 4.48. The average molecular weight is 264 g/mol. The summed E-state index contributed by atoms with van der Waals surface area (Å²) in [6.45, 7) is 4.09. The number of unbranched alkanes of at least 4 members (excludes halogenated alkanes) is 1. The fraction of sp³-hybridized carbons (Fsp3) is 0.500. The fourth-order valence-corrected chi connectivity index (χ4v) is 1.71. The molecule has 19 heavy (non-hydrogen) atoms. The number of carbonyl (C=O) groups excluding carboxylic acids is 1. The summed E-state index contributed by atoms with van der Waals surface area (Å²) in [7, 11) is 0. The minimum Gasteiger partial charge on any atom is -0.481 e. The van der Waals surface area contributed by atoms with Crippen molar-refractivity contribution in [2.45, 2.75) is 39.5 Å². The molecule has 0 aliphatic heterocycles. The number of anilines is 1. The Morgan fingerprint density at radius 1 is 1.37 bits per heavy atom. The molecule has 104 valence electrons. The van der Waals surface area contributed by atoms with Crippen molar-refractivity contribution in [3.05, 3.63) is 23.9 Å². The van der Waals surface area contributed by atoms with Gasteiger partial charge in [-0.3, -0.25) is 14.5 Å². The zero-order valence-corrected chi connectivity index (χ0v) is 11.4. The molecule has 0 aliphatic carbocycles. The number of rotatable bonds is 7. The second kappa shape index (κ2) is 7.51. The molecule has 0 saturated heterocycles. The maximum atomic E-state index is 12.1. The molecular formula is C14H20N2O3. The Hall–Kier alpha value is -1.91. The van der Waals surface area contributed by atoms with E-state index in [1.165, 1.54) is 4.90 Å². The van der Waals surface area contributed by atoms with Gasteiger partial charge in [-0.1, -0.05) is 13.3 Å². The summed E-state index contributed by atoms with van der Waals surface area (Å²) < 4.78 is 0. The Morgan fingerprint density at radius 2 is 2.11 bits per heavy atom. The van der Waals surface area contributed by atoms with Crippen LogP contribution in [0.15, 0.2) is 18.3 Å². The van der Waals surface area contributed by atoms with Crippen LogP contribution in [0.5, 0.6) is 0 Å². The van der Waals surface area contributed by atoms with Crippen molar-refractivity contribution in [3.8, 4) is 0 Å². The van der Waals surface area contributed by atoms with Gasteiger partial charge >= 0.3 is 5.97 Å². The Labute approximate surface area is 113 Å². The molecule has 0 aromatic carbocycles. The molecule has 1 amide bonds. The van der Waals surface area contributed by atoms with Crippen molar-refractivity contribution in [3.63, 3.8) is 0 Å². The third kappa shape index (κ3) is 5.07. The summed E-state index contributed by atoms with van der Waals surface area (Å²) in [5, 5.41) is 8.76. The van der Waals surface area contributed by atoms with Gasteiger partial charge in [0, 0.05) is 19.2 Å². The Morgan fingerprint density at radius 3 is 2.68 bits per heavy atom. The zero-order valence-electron chi connectivity index (χ0n) is 11.4. The standard InChI is InChI=1S/C14H20N2O3/c1-3-4-5-13(17)16(9-7-14(18)19)12-10-11(2)6-8-15-12/h6,8,10H,3-5,7,9H2,1-2H3,(H,18,19). The summed E-state index contributed by atoms with van der Waals surface area (Å²) >= 11 is 0. The van der Waals surface area contributed by atoms with Crippen molar-refractivity contribution in [1.82, 2.24) is 4.98 Å². The Balaban J connectivity index is 2.84. The molecule has 1 N–H and O–H groups in total. The topological polar surface area (TPSA) is 70.5 Å². The first-order valence-corrected chi connectivity index (χ1v) is 6.49. The number of hydrogen-bond donors (Lipinski definition) is 1. The lowest BCUT2D eigenvalue weighted by atomic mass is 10.2. The molecule has 0 radical (unpaired) electrons. The van der Waals surface area contributed by atoms with Crippen LogP contribution in [0.2, 0.25) is 0 Å². The number of aryl methyl sites for hydroxylation is 1. The van der Waals surface area contributed by atoms with Crippen molar-refractivity contribution < 1.29 is 14.7 Å². The lowest BCUT2D eigenvalue weighted by Crippen LogP contribution is -2.33. The number of pyridine rings is 1. The molecule has 5 nitrogen and oxygen atoms in total. The molecule has 1 aromatic rings. The van der Waals surface area contributed by atoms with E-state index in [4.69, 9.17) is 5.11 Å². The van der Waals surface area contributed by atoms with Crippen LogP contribution in [0.3, 0.4) is 0 Å². The summed E-state index contributed by atoms with van der Waals surface area (Å²) in [6, 6.07) is 3.64. The average Bonchev–Trinajstić information content (AvgIpc) is 2.36. The van der Waals surface area contributed by atoms with Gasteiger partial charge in [-0.2, -0.15) is 0 Å². The van der Waals surface area contributed by atoms with Gasteiger partial charge in [0.1, 0.15) is 5.82 Å². The van der Waals surface area contributed by atoms with E-state index in [1.54, 1.807) is 12.3 Å². The summed E-state index contributed by atoms with van der Waals surface area (Å²) in [4.78, 5) is 28.4. The highest BCUT2D eigenvalue weighted by Gasteiger charge is 2.17. The molecule has 1 heterocycles. The highest BCUT2D eigenvalue weighted by molar-refractivity contribution is 5.92. The van der Waals surface area contributed by atoms with Gasteiger partial charge in [-0.15, -0.1) is 0 Å². The molecule has 5 heteroatoms. The van der Waals surface area contributed by atoms with Gasteiger partial charge in [-0.05, 0) is 31.0 Å². The van der Waals surface area contributed by atoms with Crippen molar-refractivity contribution >= 4 is 17.7 Å². The van der Waals surface area contributed by atoms with Crippen LogP contribution >= 0.6 is 0 Å². The molecule has 0 spiro atoms. The number of aromatic nitrogens is 1. The summed E-state index contributed by atoms with van der Waals surface area (Å²) in [5.41, 5.74) is 0.994. The molecule has 0 atom stereocenters. The summed E-state index contributed by atoms with van der Waals surface area (Å²) in [5.74, 6) is -0.454. The number of hydrogen-bond acceptors (Lipinski definition) is 3. The molecule has 1 rings (SSSR count). The predicted molar refractivity (Wildman–Crippen MR) is 73.1 cm³/mol. The minimum atomic E-state index is -0.916. The van der Waals surface area contributed by atoms with Crippen LogP contribution in [-0.2, 0) is 9.59 Å². The van der Waals surface area contributed by atoms with E-state index in [0.29, 0.717) is 12.2 Å². The Bertz CT molecular complexity index is 446. The molecule has 0 fully saturated rings. The number of amides is 1. The summed E-state index contributed by atoms with van der Waals surface area (Å²) in [6.07, 6.45) is 3.71. The largest absolute Gasteiger partial charge is 0.481 e. The van der Waals surface area contributed by atoms with Gasteiger partial charge < -0.3 is 5.11 Å². The van der Waals surface area contributed by atoms with Crippen LogP contribution in [0, 0.1) is 6.92 Å². The van der Waals surface area contributed by atoms with Crippen LogP contribution < -0.4 is 4.90 Å². The van der Waals surface area contributed by atoms with E-state index in [2.05, 4.69) is 4.98 Å². The van der Waals surface area contributed by atoms with Gasteiger partial charge in [0.15, 0.2) is 0 Å². The van der Waals surface area contributed by atoms with E-state index in [0.717, 1.165) is 18.4 Å². The minimum absolute atomic E-state index is 0.0683. The van der Waals surface area contributed by atoms with E-state index >= 15 is 0 Å². The SMILES string of the molecule is CCCCC(=O)N(CCC(=O)O)c1cc(C)ccn1. The number of aliphatic carboxylic acids is 1.